The summed E-state index contributed by atoms with van der Waals surface area (Å²) in [7, 11) is 3.31. The fourth-order valence-electron chi connectivity index (χ4n) is 1.96. The van der Waals surface area contributed by atoms with E-state index in [2.05, 4.69) is 16.7 Å². The van der Waals surface area contributed by atoms with Crippen LogP contribution < -0.4 is 20.1 Å². The topological polar surface area (TPSA) is 42.5 Å². The normalized spacial score (nSPS) is 20.5. The Labute approximate surface area is 95.9 Å². The first-order valence-electron chi connectivity index (χ1n) is 5.51. The van der Waals surface area contributed by atoms with Crippen molar-refractivity contribution >= 4 is 0 Å². The van der Waals surface area contributed by atoms with E-state index in [0.29, 0.717) is 6.04 Å². The first-order chi connectivity index (χ1) is 7.85. The van der Waals surface area contributed by atoms with Gasteiger partial charge in [0, 0.05) is 25.7 Å². The van der Waals surface area contributed by atoms with Crippen molar-refractivity contribution in [3.05, 3.63) is 23.8 Å². The van der Waals surface area contributed by atoms with Crippen molar-refractivity contribution in [1.29, 1.82) is 0 Å². The fraction of sp³-hybridized carbons (Fsp3) is 0.500. The summed E-state index contributed by atoms with van der Waals surface area (Å²) in [5, 5.41) is 6.83. The van der Waals surface area contributed by atoms with Crippen LogP contribution in [0.25, 0.3) is 0 Å². The SMILES string of the molecule is COc1ccc([C@H]2CNCCN2)cc1OC. The van der Waals surface area contributed by atoms with Crippen molar-refractivity contribution < 1.29 is 9.47 Å². The Hall–Kier alpha value is -1.26. The molecule has 0 radical (unpaired) electrons. The highest BCUT2D eigenvalue weighted by Gasteiger charge is 2.15. The number of benzene rings is 1. The number of methoxy groups -OCH3 is 2. The maximum atomic E-state index is 5.29. The molecular formula is C12H18N2O2. The highest BCUT2D eigenvalue weighted by atomic mass is 16.5. The predicted octanol–water partition coefficient (Wildman–Crippen LogP) is 0.938. The largest absolute Gasteiger partial charge is 0.493 e. The van der Waals surface area contributed by atoms with Gasteiger partial charge in [-0.1, -0.05) is 6.07 Å². The van der Waals surface area contributed by atoms with Gasteiger partial charge in [-0.2, -0.15) is 0 Å². The maximum Gasteiger partial charge on any atom is 0.161 e. The van der Waals surface area contributed by atoms with Crippen molar-refractivity contribution in [2.75, 3.05) is 33.9 Å². The van der Waals surface area contributed by atoms with Gasteiger partial charge in [0.25, 0.3) is 0 Å². The standard InChI is InChI=1S/C12H18N2O2/c1-15-11-4-3-9(7-12(11)16-2)10-8-13-5-6-14-10/h3-4,7,10,13-14H,5-6,8H2,1-2H3/t10-/m1/s1. The average molecular weight is 222 g/mol. The Kier molecular flexibility index (Phi) is 3.64. The van der Waals surface area contributed by atoms with Gasteiger partial charge >= 0.3 is 0 Å². The van der Waals surface area contributed by atoms with E-state index in [1.807, 2.05) is 12.1 Å². The molecule has 1 fully saturated rings. The smallest absolute Gasteiger partial charge is 0.161 e. The third kappa shape index (κ3) is 2.28. The Morgan fingerprint density at radius 3 is 2.56 bits per heavy atom. The van der Waals surface area contributed by atoms with Crippen LogP contribution in [0.3, 0.4) is 0 Å². The van der Waals surface area contributed by atoms with E-state index in [-0.39, 0.29) is 0 Å². The van der Waals surface area contributed by atoms with Gasteiger partial charge in [-0.05, 0) is 17.7 Å². The molecule has 1 aromatic rings. The van der Waals surface area contributed by atoms with E-state index in [9.17, 15) is 0 Å². The first kappa shape index (κ1) is 11.2. The first-order valence-corrected chi connectivity index (χ1v) is 5.51. The molecule has 0 aliphatic carbocycles. The second-order valence-electron chi connectivity index (χ2n) is 3.83. The summed E-state index contributed by atoms with van der Waals surface area (Å²) in [4.78, 5) is 0. The Morgan fingerprint density at radius 1 is 1.12 bits per heavy atom. The van der Waals surface area contributed by atoms with Gasteiger partial charge in [0.15, 0.2) is 11.5 Å². The summed E-state index contributed by atoms with van der Waals surface area (Å²) >= 11 is 0. The van der Waals surface area contributed by atoms with Crippen LogP contribution in [-0.2, 0) is 0 Å². The van der Waals surface area contributed by atoms with E-state index >= 15 is 0 Å². The van der Waals surface area contributed by atoms with Crippen LogP contribution in [0.4, 0.5) is 0 Å². The van der Waals surface area contributed by atoms with E-state index < -0.39 is 0 Å². The number of hydrogen-bond acceptors (Lipinski definition) is 4. The highest BCUT2D eigenvalue weighted by Crippen LogP contribution is 2.29. The minimum atomic E-state index is 0.355. The van der Waals surface area contributed by atoms with Crippen molar-refractivity contribution in [3.8, 4) is 11.5 Å². The molecule has 2 N–H and O–H groups in total. The van der Waals surface area contributed by atoms with Gasteiger partial charge in [-0.25, -0.2) is 0 Å². The third-order valence-corrected chi connectivity index (χ3v) is 2.85. The molecule has 0 bridgehead atoms. The molecule has 1 heterocycles. The summed E-state index contributed by atoms with van der Waals surface area (Å²) in [5.74, 6) is 1.56. The van der Waals surface area contributed by atoms with Gasteiger partial charge in [0.1, 0.15) is 0 Å². The van der Waals surface area contributed by atoms with E-state index in [0.717, 1.165) is 31.1 Å². The molecule has 88 valence electrons. The Balaban J connectivity index is 2.20. The molecule has 16 heavy (non-hydrogen) atoms. The van der Waals surface area contributed by atoms with Crippen molar-refractivity contribution in [1.82, 2.24) is 10.6 Å². The summed E-state index contributed by atoms with van der Waals surface area (Å²) in [6.45, 7) is 2.98. The second-order valence-corrected chi connectivity index (χ2v) is 3.83. The van der Waals surface area contributed by atoms with Crippen LogP contribution in [0, 0.1) is 0 Å². The second kappa shape index (κ2) is 5.18. The van der Waals surface area contributed by atoms with Crippen LogP contribution in [0.1, 0.15) is 11.6 Å². The zero-order chi connectivity index (χ0) is 11.4. The molecule has 0 spiro atoms. The summed E-state index contributed by atoms with van der Waals surface area (Å²) in [5.41, 5.74) is 1.23. The summed E-state index contributed by atoms with van der Waals surface area (Å²) < 4.78 is 10.5. The molecule has 0 saturated carbocycles. The number of hydrogen-bond donors (Lipinski definition) is 2. The average Bonchev–Trinajstić information content (AvgIpc) is 2.39. The number of piperazine rings is 1. The number of nitrogens with one attached hydrogen (secondary N) is 2. The molecule has 1 aliphatic heterocycles. The molecule has 1 aromatic carbocycles. The van der Waals surface area contributed by atoms with Gasteiger partial charge < -0.3 is 20.1 Å². The van der Waals surface area contributed by atoms with Crippen LogP contribution in [-0.4, -0.2) is 33.9 Å². The molecule has 4 heteroatoms. The molecular weight excluding hydrogens is 204 g/mol. The zero-order valence-corrected chi connectivity index (χ0v) is 9.75. The molecule has 0 aromatic heterocycles. The lowest BCUT2D eigenvalue weighted by Crippen LogP contribution is -2.42. The molecule has 1 atom stereocenters. The fourth-order valence-corrected chi connectivity index (χ4v) is 1.96. The van der Waals surface area contributed by atoms with Crippen molar-refractivity contribution in [3.63, 3.8) is 0 Å². The lowest BCUT2D eigenvalue weighted by Gasteiger charge is -2.25. The predicted molar refractivity (Wildman–Crippen MR) is 63.2 cm³/mol. The van der Waals surface area contributed by atoms with Gasteiger partial charge in [-0.15, -0.1) is 0 Å². The molecule has 0 amide bonds. The van der Waals surface area contributed by atoms with E-state index in [1.165, 1.54) is 5.56 Å². The zero-order valence-electron chi connectivity index (χ0n) is 9.75. The maximum absolute atomic E-state index is 5.29. The molecule has 1 saturated heterocycles. The van der Waals surface area contributed by atoms with Crippen LogP contribution in [0.5, 0.6) is 11.5 Å². The van der Waals surface area contributed by atoms with Gasteiger partial charge in [0.2, 0.25) is 0 Å². The Bertz CT molecular complexity index is 349. The molecule has 0 unspecified atom stereocenters. The van der Waals surface area contributed by atoms with E-state index in [4.69, 9.17) is 9.47 Å². The molecule has 2 rings (SSSR count). The summed E-state index contributed by atoms with van der Waals surface area (Å²) in [6, 6.07) is 6.41. The van der Waals surface area contributed by atoms with Crippen LogP contribution in [0.15, 0.2) is 18.2 Å². The highest BCUT2D eigenvalue weighted by molar-refractivity contribution is 5.43. The lowest BCUT2D eigenvalue weighted by atomic mass is 10.0. The molecule has 1 aliphatic rings. The minimum absolute atomic E-state index is 0.355. The third-order valence-electron chi connectivity index (χ3n) is 2.85. The monoisotopic (exact) mass is 222 g/mol. The summed E-state index contributed by atoms with van der Waals surface area (Å²) in [6.07, 6.45) is 0. The number of rotatable bonds is 3. The minimum Gasteiger partial charge on any atom is -0.493 e. The van der Waals surface area contributed by atoms with Gasteiger partial charge in [0.05, 0.1) is 14.2 Å². The quantitative estimate of drug-likeness (QED) is 0.798. The van der Waals surface area contributed by atoms with Crippen molar-refractivity contribution in [2.45, 2.75) is 6.04 Å². The Morgan fingerprint density at radius 2 is 1.94 bits per heavy atom. The molecule has 4 nitrogen and oxygen atoms in total. The van der Waals surface area contributed by atoms with Crippen LogP contribution >= 0.6 is 0 Å². The lowest BCUT2D eigenvalue weighted by molar-refractivity contribution is 0.353. The van der Waals surface area contributed by atoms with Crippen LogP contribution in [0.2, 0.25) is 0 Å². The van der Waals surface area contributed by atoms with Crippen molar-refractivity contribution in [2.24, 2.45) is 0 Å². The van der Waals surface area contributed by atoms with Gasteiger partial charge in [-0.3, -0.25) is 0 Å². The van der Waals surface area contributed by atoms with E-state index in [1.54, 1.807) is 14.2 Å². The number of ether oxygens (including phenoxy) is 2.